The fraction of sp³-hybridized carbons (Fsp3) is 0.333. The summed E-state index contributed by atoms with van der Waals surface area (Å²) < 4.78 is 19.3. The van der Waals surface area contributed by atoms with Gasteiger partial charge in [-0.2, -0.15) is 0 Å². The first kappa shape index (κ1) is 15.3. The number of non-ortho nitro benzene ring substituents is 1. The first-order chi connectivity index (χ1) is 9.95. The molecule has 0 saturated heterocycles. The van der Waals surface area contributed by atoms with Crippen LogP contribution in [0.3, 0.4) is 0 Å². The molecule has 0 aliphatic rings. The number of alkyl halides is 2. The van der Waals surface area contributed by atoms with Crippen LogP contribution in [0.25, 0.3) is 10.9 Å². The molecule has 112 valence electrons. The number of aromatic nitrogens is 2. The van der Waals surface area contributed by atoms with E-state index in [0.717, 1.165) is 10.6 Å². The number of benzene rings is 1. The Morgan fingerprint density at radius 1 is 1.57 bits per heavy atom. The lowest BCUT2D eigenvalue weighted by Crippen LogP contribution is -2.27. The van der Waals surface area contributed by atoms with E-state index in [9.17, 15) is 19.3 Å². The number of halogens is 2. The van der Waals surface area contributed by atoms with Crippen LogP contribution in [-0.4, -0.2) is 28.2 Å². The molecule has 0 aliphatic carbocycles. The van der Waals surface area contributed by atoms with E-state index in [0.29, 0.717) is 0 Å². The molecule has 9 heteroatoms. The molecule has 0 aliphatic heterocycles. The Kier molecular flexibility index (Phi) is 4.49. The van der Waals surface area contributed by atoms with Gasteiger partial charge in [0.05, 0.1) is 29.0 Å². The molecule has 2 rings (SSSR count). The van der Waals surface area contributed by atoms with Gasteiger partial charge in [0, 0.05) is 19.2 Å². The zero-order chi connectivity index (χ0) is 15.6. The largest absolute Gasteiger partial charge is 0.383 e. The second kappa shape index (κ2) is 6.15. The number of rotatable bonds is 5. The second-order valence-electron chi connectivity index (χ2n) is 4.18. The highest BCUT2D eigenvalue weighted by atomic mass is 35.5. The first-order valence-electron chi connectivity index (χ1n) is 5.91. The lowest BCUT2D eigenvalue weighted by atomic mass is 10.2. The predicted octanol–water partition coefficient (Wildman–Crippen LogP) is 2.16. The third kappa shape index (κ3) is 3.01. The van der Waals surface area contributed by atoms with Gasteiger partial charge in [0.2, 0.25) is 5.63 Å². The maximum atomic E-state index is 13.4. The molecular weight excluding hydrogens is 305 g/mol. The van der Waals surface area contributed by atoms with Crippen molar-refractivity contribution in [2.75, 3.05) is 13.7 Å². The Balaban J connectivity index is 2.72. The zero-order valence-corrected chi connectivity index (χ0v) is 11.7. The van der Waals surface area contributed by atoms with E-state index in [2.05, 4.69) is 4.98 Å². The van der Waals surface area contributed by atoms with Crippen molar-refractivity contribution in [3.05, 3.63) is 44.5 Å². The number of hydrogen-bond acceptors (Lipinski definition) is 5. The molecule has 0 spiro atoms. The molecule has 7 nitrogen and oxygen atoms in total. The Morgan fingerprint density at radius 3 is 2.86 bits per heavy atom. The lowest BCUT2D eigenvalue weighted by Gasteiger charge is -2.12. The number of nitro benzene ring substituents is 1. The van der Waals surface area contributed by atoms with Crippen molar-refractivity contribution in [2.45, 2.75) is 12.2 Å². The van der Waals surface area contributed by atoms with Crippen LogP contribution in [0, 0.1) is 10.1 Å². The van der Waals surface area contributed by atoms with Gasteiger partial charge in [0.1, 0.15) is 0 Å². The van der Waals surface area contributed by atoms with Crippen molar-refractivity contribution >= 4 is 28.2 Å². The second-order valence-corrected chi connectivity index (χ2v) is 4.56. The molecule has 0 saturated carbocycles. The van der Waals surface area contributed by atoms with Crippen LogP contribution in [0.15, 0.2) is 23.0 Å². The number of ether oxygens (including phenoxy) is 1. The minimum atomic E-state index is -1.96. The fourth-order valence-electron chi connectivity index (χ4n) is 1.90. The Labute approximate surface area is 123 Å². The van der Waals surface area contributed by atoms with Crippen molar-refractivity contribution in [1.82, 2.24) is 9.55 Å². The predicted molar refractivity (Wildman–Crippen MR) is 74.2 cm³/mol. The third-order valence-electron chi connectivity index (χ3n) is 2.89. The van der Waals surface area contributed by atoms with Crippen molar-refractivity contribution < 1.29 is 14.1 Å². The summed E-state index contributed by atoms with van der Waals surface area (Å²) in [5.74, 6) is -0.250. The number of nitro groups is 1. The van der Waals surface area contributed by atoms with E-state index in [4.69, 9.17) is 16.3 Å². The van der Waals surface area contributed by atoms with Crippen LogP contribution in [0.4, 0.5) is 10.1 Å². The SMILES string of the molecule is COCCn1c(C(F)Cl)nc2ccc([N+](=O)[O-])cc2c1=O. The van der Waals surface area contributed by atoms with E-state index >= 15 is 0 Å². The van der Waals surface area contributed by atoms with E-state index in [-0.39, 0.29) is 35.6 Å². The number of methoxy groups -OCH3 is 1. The van der Waals surface area contributed by atoms with Gasteiger partial charge < -0.3 is 4.74 Å². The highest BCUT2D eigenvalue weighted by molar-refractivity contribution is 6.19. The summed E-state index contributed by atoms with van der Waals surface area (Å²) in [5, 5.41) is 10.8. The fourth-order valence-corrected chi connectivity index (χ4v) is 2.07. The molecule has 1 unspecified atom stereocenters. The van der Waals surface area contributed by atoms with Crippen LogP contribution in [0.1, 0.15) is 11.5 Å². The standard InChI is InChI=1S/C12H11ClFN3O4/c1-21-5-4-16-11(10(13)14)15-9-3-2-7(17(19)20)6-8(9)12(16)18/h2-3,6,10H,4-5H2,1H3. The topological polar surface area (TPSA) is 87.3 Å². The van der Waals surface area contributed by atoms with Crippen LogP contribution in [0.2, 0.25) is 0 Å². The van der Waals surface area contributed by atoms with Crippen molar-refractivity contribution in [3.8, 4) is 0 Å². The normalized spacial score (nSPS) is 12.5. The first-order valence-corrected chi connectivity index (χ1v) is 6.35. The molecule has 21 heavy (non-hydrogen) atoms. The van der Waals surface area contributed by atoms with E-state index < -0.39 is 16.1 Å². The van der Waals surface area contributed by atoms with E-state index in [1.807, 2.05) is 0 Å². The van der Waals surface area contributed by atoms with Gasteiger partial charge in [0.15, 0.2) is 5.82 Å². The molecule has 0 bridgehead atoms. The molecule has 1 heterocycles. The van der Waals surface area contributed by atoms with Crippen LogP contribution in [0.5, 0.6) is 0 Å². The average molecular weight is 316 g/mol. The lowest BCUT2D eigenvalue weighted by molar-refractivity contribution is -0.384. The maximum Gasteiger partial charge on any atom is 0.270 e. The molecule has 0 fully saturated rings. The van der Waals surface area contributed by atoms with Gasteiger partial charge in [-0.3, -0.25) is 19.5 Å². The molecule has 1 atom stereocenters. The zero-order valence-electron chi connectivity index (χ0n) is 11.0. The van der Waals surface area contributed by atoms with Gasteiger partial charge in [0.25, 0.3) is 11.2 Å². The van der Waals surface area contributed by atoms with Crippen molar-refractivity contribution in [3.63, 3.8) is 0 Å². The number of nitrogens with zero attached hydrogens (tertiary/aromatic N) is 3. The summed E-state index contributed by atoms with van der Waals surface area (Å²) >= 11 is 5.40. The van der Waals surface area contributed by atoms with Gasteiger partial charge >= 0.3 is 0 Å². The molecule has 0 radical (unpaired) electrons. The number of hydrogen-bond donors (Lipinski definition) is 0. The van der Waals surface area contributed by atoms with E-state index in [1.165, 1.54) is 19.2 Å². The van der Waals surface area contributed by atoms with Gasteiger partial charge in [-0.15, -0.1) is 0 Å². The summed E-state index contributed by atoms with van der Waals surface area (Å²) in [6.07, 6.45) is 0. The average Bonchev–Trinajstić information content (AvgIpc) is 2.45. The van der Waals surface area contributed by atoms with Gasteiger partial charge in [-0.1, -0.05) is 11.6 Å². The monoisotopic (exact) mass is 315 g/mol. The van der Waals surface area contributed by atoms with Gasteiger partial charge in [-0.05, 0) is 6.07 Å². The highest BCUT2D eigenvalue weighted by Crippen LogP contribution is 2.22. The van der Waals surface area contributed by atoms with Crippen LogP contribution in [-0.2, 0) is 11.3 Å². The molecule has 1 aromatic heterocycles. The molecule has 0 N–H and O–H groups in total. The molecular formula is C12H11ClFN3O4. The summed E-state index contributed by atoms with van der Waals surface area (Å²) in [5.41, 5.74) is -2.65. The molecule has 1 aromatic carbocycles. The molecule has 2 aromatic rings. The quantitative estimate of drug-likeness (QED) is 0.479. The Bertz CT molecular complexity index is 747. The Morgan fingerprint density at radius 2 is 2.29 bits per heavy atom. The summed E-state index contributed by atoms with van der Waals surface area (Å²) in [4.78, 5) is 26.5. The molecule has 0 amide bonds. The minimum absolute atomic E-state index is 0.0290. The van der Waals surface area contributed by atoms with Crippen molar-refractivity contribution in [1.29, 1.82) is 0 Å². The highest BCUT2D eigenvalue weighted by Gasteiger charge is 2.19. The Hall–Kier alpha value is -2.06. The third-order valence-corrected chi connectivity index (χ3v) is 3.09. The smallest absolute Gasteiger partial charge is 0.270 e. The summed E-state index contributed by atoms with van der Waals surface area (Å²) in [6, 6.07) is 3.59. The van der Waals surface area contributed by atoms with Crippen LogP contribution < -0.4 is 5.56 Å². The maximum absolute atomic E-state index is 13.4. The van der Waals surface area contributed by atoms with Crippen LogP contribution >= 0.6 is 11.6 Å². The minimum Gasteiger partial charge on any atom is -0.383 e. The van der Waals surface area contributed by atoms with E-state index in [1.54, 1.807) is 0 Å². The van der Waals surface area contributed by atoms with Gasteiger partial charge in [-0.25, -0.2) is 9.37 Å². The summed E-state index contributed by atoms with van der Waals surface area (Å²) in [6.45, 7) is 0.196. The van der Waals surface area contributed by atoms with Crippen molar-refractivity contribution in [2.24, 2.45) is 0 Å². The number of fused-ring (bicyclic) bond motifs is 1. The summed E-state index contributed by atoms with van der Waals surface area (Å²) in [7, 11) is 1.43.